The van der Waals surface area contributed by atoms with Gasteiger partial charge in [-0.05, 0) is 39.0 Å². The Morgan fingerprint density at radius 3 is 2.62 bits per heavy atom. The van der Waals surface area contributed by atoms with Crippen molar-refractivity contribution in [2.24, 2.45) is 0 Å². The van der Waals surface area contributed by atoms with Gasteiger partial charge in [-0.2, -0.15) is 0 Å². The van der Waals surface area contributed by atoms with E-state index in [0.717, 1.165) is 32.1 Å². The van der Waals surface area contributed by atoms with Crippen LogP contribution < -0.4 is 0 Å². The molecule has 0 aliphatic carbocycles. The molecule has 0 aromatic rings. The summed E-state index contributed by atoms with van der Waals surface area (Å²) in [7, 11) is 0. The highest BCUT2D eigenvalue weighted by atomic mass is 16.2. The number of unbranched alkanes of at least 4 members (excludes halogenated alkanes) is 1. The summed E-state index contributed by atoms with van der Waals surface area (Å²) < 4.78 is 0. The van der Waals surface area contributed by atoms with Crippen LogP contribution in [-0.4, -0.2) is 11.7 Å². The molecule has 0 aliphatic rings. The van der Waals surface area contributed by atoms with Gasteiger partial charge in [0.1, 0.15) is 0 Å². The van der Waals surface area contributed by atoms with Crippen molar-refractivity contribution in [3.05, 3.63) is 23.8 Å². The van der Waals surface area contributed by atoms with Crippen molar-refractivity contribution in [2.75, 3.05) is 6.61 Å². The van der Waals surface area contributed by atoms with Gasteiger partial charge in [0.25, 0.3) is 0 Å². The van der Waals surface area contributed by atoms with Gasteiger partial charge in [0.05, 0.1) is 0 Å². The fourth-order valence-corrected chi connectivity index (χ4v) is 1.28. The first-order valence-electron chi connectivity index (χ1n) is 5.25. The number of allylic oxidation sites excluding steroid dienone is 4. The van der Waals surface area contributed by atoms with E-state index in [4.69, 9.17) is 5.11 Å². The minimum atomic E-state index is 0.312. The van der Waals surface area contributed by atoms with Crippen molar-refractivity contribution in [3.63, 3.8) is 0 Å². The van der Waals surface area contributed by atoms with Gasteiger partial charge >= 0.3 is 0 Å². The summed E-state index contributed by atoms with van der Waals surface area (Å²) in [6.07, 6.45) is 12.0. The van der Waals surface area contributed by atoms with Gasteiger partial charge in [-0.25, -0.2) is 0 Å². The molecular formula is C12H22O. The van der Waals surface area contributed by atoms with E-state index in [2.05, 4.69) is 32.1 Å². The SMILES string of the molecule is C/C=C\CC/C=C(/CC)CCCO. The van der Waals surface area contributed by atoms with Crippen molar-refractivity contribution in [3.8, 4) is 0 Å². The quantitative estimate of drug-likeness (QED) is 0.472. The maximum atomic E-state index is 8.68. The maximum absolute atomic E-state index is 8.68. The Bertz CT molecular complexity index is 157. The molecule has 0 aromatic heterocycles. The van der Waals surface area contributed by atoms with Crippen LogP contribution in [0.15, 0.2) is 23.8 Å². The Labute approximate surface area is 82.2 Å². The predicted molar refractivity (Wildman–Crippen MR) is 58.7 cm³/mol. The molecule has 0 fully saturated rings. The summed E-state index contributed by atoms with van der Waals surface area (Å²) in [5.41, 5.74) is 1.48. The summed E-state index contributed by atoms with van der Waals surface area (Å²) >= 11 is 0. The van der Waals surface area contributed by atoms with E-state index >= 15 is 0 Å². The van der Waals surface area contributed by atoms with E-state index in [0.29, 0.717) is 6.61 Å². The monoisotopic (exact) mass is 182 g/mol. The molecule has 0 bridgehead atoms. The number of rotatable bonds is 7. The molecule has 0 unspecified atom stereocenters. The van der Waals surface area contributed by atoms with Gasteiger partial charge in [-0.15, -0.1) is 0 Å². The first kappa shape index (κ1) is 12.4. The Balaban J connectivity index is 3.64. The lowest BCUT2D eigenvalue weighted by Crippen LogP contribution is -1.86. The summed E-state index contributed by atoms with van der Waals surface area (Å²) in [6.45, 7) is 4.54. The normalized spacial score (nSPS) is 12.7. The molecule has 0 rings (SSSR count). The highest BCUT2D eigenvalue weighted by Crippen LogP contribution is 2.10. The lowest BCUT2D eigenvalue weighted by atomic mass is 10.1. The average Bonchev–Trinajstić information content (AvgIpc) is 2.17. The third-order valence-electron chi connectivity index (χ3n) is 2.11. The molecule has 0 saturated carbocycles. The van der Waals surface area contributed by atoms with Crippen LogP contribution >= 0.6 is 0 Å². The van der Waals surface area contributed by atoms with Crippen molar-refractivity contribution in [2.45, 2.75) is 46.0 Å². The second-order valence-corrected chi connectivity index (χ2v) is 3.19. The highest BCUT2D eigenvalue weighted by Gasteiger charge is 1.92. The summed E-state index contributed by atoms with van der Waals surface area (Å²) in [5, 5.41) is 8.68. The molecule has 0 radical (unpaired) electrons. The van der Waals surface area contributed by atoms with Gasteiger partial charge in [0.15, 0.2) is 0 Å². The fourth-order valence-electron chi connectivity index (χ4n) is 1.28. The maximum Gasteiger partial charge on any atom is 0.0434 e. The molecule has 0 saturated heterocycles. The van der Waals surface area contributed by atoms with E-state index in [-0.39, 0.29) is 0 Å². The van der Waals surface area contributed by atoms with Crippen LogP contribution in [-0.2, 0) is 0 Å². The first-order valence-corrected chi connectivity index (χ1v) is 5.25. The van der Waals surface area contributed by atoms with Gasteiger partial charge < -0.3 is 5.11 Å². The Kier molecular flexibility index (Phi) is 9.12. The molecule has 0 heterocycles. The lowest BCUT2D eigenvalue weighted by molar-refractivity contribution is 0.288. The number of aliphatic hydroxyl groups excluding tert-OH is 1. The lowest BCUT2D eigenvalue weighted by Gasteiger charge is -2.02. The standard InChI is InChI=1S/C12H22O/c1-3-5-6-7-9-12(4-2)10-8-11-13/h3,5,9,13H,4,6-8,10-11H2,1-2H3/b5-3-,12-9-. The second-order valence-electron chi connectivity index (χ2n) is 3.19. The van der Waals surface area contributed by atoms with Crippen molar-refractivity contribution >= 4 is 0 Å². The van der Waals surface area contributed by atoms with E-state index in [1.807, 2.05) is 0 Å². The van der Waals surface area contributed by atoms with Crippen molar-refractivity contribution in [1.82, 2.24) is 0 Å². The molecule has 0 aromatic carbocycles. The molecule has 0 spiro atoms. The van der Waals surface area contributed by atoms with Crippen LogP contribution in [0.5, 0.6) is 0 Å². The van der Waals surface area contributed by atoms with Gasteiger partial charge in [0.2, 0.25) is 0 Å². The zero-order valence-electron chi connectivity index (χ0n) is 8.92. The molecule has 0 amide bonds. The van der Waals surface area contributed by atoms with Crippen LogP contribution in [0.1, 0.15) is 46.0 Å². The molecule has 1 N–H and O–H groups in total. The molecule has 76 valence electrons. The predicted octanol–water partition coefficient (Wildman–Crippen LogP) is 3.45. The molecule has 13 heavy (non-hydrogen) atoms. The first-order chi connectivity index (χ1) is 6.35. The van der Waals surface area contributed by atoms with E-state index in [9.17, 15) is 0 Å². The van der Waals surface area contributed by atoms with Gasteiger partial charge in [-0.3, -0.25) is 0 Å². The summed E-state index contributed by atoms with van der Waals surface area (Å²) in [4.78, 5) is 0. The minimum absolute atomic E-state index is 0.312. The highest BCUT2D eigenvalue weighted by molar-refractivity contribution is 5.01. The van der Waals surface area contributed by atoms with Gasteiger partial charge in [-0.1, -0.05) is 30.7 Å². The van der Waals surface area contributed by atoms with Crippen molar-refractivity contribution in [1.29, 1.82) is 0 Å². The van der Waals surface area contributed by atoms with Crippen LogP contribution in [0.4, 0.5) is 0 Å². The number of aliphatic hydroxyl groups is 1. The Morgan fingerprint density at radius 1 is 1.31 bits per heavy atom. The summed E-state index contributed by atoms with van der Waals surface area (Å²) in [5.74, 6) is 0. The number of hydrogen-bond acceptors (Lipinski definition) is 1. The fraction of sp³-hybridized carbons (Fsp3) is 0.667. The summed E-state index contributed by atoms with van der Waals surface area (Å²) in [6, 6.07) is 0. The van der Waals surface area contributed by atoms with Crippen LogP contribution in [0, 0.1) is 0 Å². The van der Waals surface area contributed by atoms with E-state index in [1.165, 1.54) is 5.57 Å². The molecular weight excluding hydrogens is 160 g/mol. The molecule has 0 aliphatic heterocycles. The zero-order valence-corrected chi connectivity index (χ0v) is 8.92. The van der Waals surface area contributed by atoms with Gasteiger partial charge in [0, 0.05) is 6.61 Å². The largest absolute Gasteiger partial charge is 0.396 e. The minimum Gasteiger partial charge on any atom is -0.396 e. The van der Waals surface area contributed by atoms with Crippen LogP contribution in [0.3, 0.4) is 0 Å². The smallest absolute Gasteiger partial charge is 0.0434 e. The zero-order chi connectivity index (χ0) is 9.94. The molecule has 1 nitrogen and oxygen atoms in total. The topological polar surface area (TPSA) is 20.2 Å². The van der Waals surface area contributed by atoms with Crippen molar-refractivity contribution < 1.29 is 5.11 Å². The van der Waals surface area contributed by atoms with E-state index < -0.39 is 0 Å². The number of hydrogen-bond donors (Lipinski definition) is 1. The third-order valence-corrected chi connectivity index (χ3v) is 2.11. The second kappa shape index (κ2) is 9.53. The molecule has 1 heteroatoms. The van der Waals surface area contributed by atoms with E-state index in [1.54, 1.807) is 0 Å². The third kappa shape index (κ3) is 7.79. The Morgan fingerprint density at radius 2 is 2.08 bits per heavy atom. The molecule has 0 atom stereocenters. The van der Waals surface area contributed by atoms with Crippen LogP contribution in [0.25, 0.3) is 0 Å². The van der Waals surface area contributed by atoms with Crippen LogP contribution in [0.2, 0.25) is 0 Å². The Hall–Kier alpha value is -0.560. The average molecular weight is 182 g/mol.